The Hall–Kier alpha value is -0.580. The SMILES string of the molecule is CC1CCCCCN1S(=O)(=O)c1ccc(CCCl)cc1. The number of alkyl halides is 1. The monoisotopic (exact) mass is 315 g/mol. The normalized spacial score (nSPS) is 21.6. The van der Waals surface area contributed by atoms with Crippen LogP contribution < -0.4 is 0 Å². The van der Waals surface area contributed by atoms with Crippen molar-refractivity contribution in [3.05, 3.63) is 29.8 Å². The van der Waals surface area contributed by atoms with Gasteiger partial charge in [0, 0.05) is 18.5 Å². The van der Waals surface area contributed by atoms with E-state index in [2.05, 4.69) is 0 Å². The molecule has 2 rings (SSSR count). The highest BCUT2D eigenvalue weighted by Crippen LogP contribution is 2.24. The lowest BCUT2D eigenvalue weighted by Crippen LogP contribution is -2.38. The highest BCUT2D eigenvalue weighted by molar-refractivity contribution is 7.89. The summed E-state index contributed by atoms with van der Waals surface area (Å²) in [6.07, 6.45) is 4.90. The van der Waals surface area contributed by atoms with Crippen LogP contribution in [0.15, 0.2) is 29.2 Å². The van der Waals surface area contributed by atoms with Crippen molar-refractivity contribution in [3.8, 4) is 0 Å². The van der Waals surface area contributed by atoms with Crippen LogP contribution in [0.4, 0.5) is 0 Å². The van der Waals surface area contributed by atoms with E-state index < -0.39 is 10.0 Å². The van der Waals surface area contributed by atoms with Gasteiger partial charge >= 0.3 is 0 Å². The van der Waals surface area contributed by atoms with Gasteiger partial charge in [-0.25, -0.2) is 8.42 Å². The van der Waals surface area contributed by atoms with Crippen molar-refractivity contribution in [1.82, 2.24) is 4.31 Å². The van der Waals surface area contributed by atoms with Gasteiger partial charge in [-0.15, -0.1) is 11.6 Å². The molecule has 0 saturated carbocycles. The van der Waals surface area contributed by atoms with Gasteiger partial charge in [0.05, 0.1) is 4.90 Å². The predicted octanol–water partition coefficient (Wildman–Crippen LogP) is 3.42. The van der Waals surface area contributed by atoms with Crippen molar-refractivity contribution < 1.29 is 8.42 Å². The molecule has 0 N–H and O–H groups in total. The van der Waals surface area contributed by atoms with Crippen LogP contribution in [0.5, 0.6) is 0 Å². The number of aryl methyl sites for hydroxylation is 1. The molecular weight excluding hydrogens is 294 g/mol. The topological polar surface area (TPSA) is 37.4 Å². The maximum absolute atomic E-state index is 12.7. The van der Waals surface area contributed by atoms with Crippen LogP contribution in [0.3, 0.4) is 0 Å². The minimum Gasteiger partial charge on any atom is -0.207 e. The fourth-order valence-electron chi connectivity index (χ4n) is 2.68. The van der Waals surface area contributed by atoms with Crippen LogP contribution in [-0.2, 0) is 16.4 Å². The van der Waals surface area contributed by atoms with Crippen molar-refractivity contribution in [1.29, 1.82) is 0 Å². The molecule has 0 radical (unpaired) electrons. The van der Waals surface area contributed by atoms with Gasteiger partial charge in [0.25, 0.3) is 0 Å². The molecule has 1 heterocycles. The second kappa shape index (κ2) is 6.92. The third-order valence-corrected chi connectivity index (χ3v) is 6.12. The van der Waals surface area contributed by atoms with Gasteiger partial charge in [-0.1, -0.05) is 25.0 Å². The largest absolute Gasteiger partial charge is 0.243 e. The minimum atomic E-state index is -3.37. The summed E-state index contributed by atoms with van der Waals surface area (Å²) in [6, 6.07) is 7.21. The van der Waals surface area contributed by atoms with Crippen molar-refractivity contribution >= 4 is 21.6 Å². The molecule has 20 heavy (non-hydrogen) atoms. The van der Waals surface area contributed by atoms with Crippen LogP contribution in [0.25, 0.3) is 0 Å². The standard InChI is InChI=1S/C15H22ClNO2S/c1-13-5-3-2-4-12-17(13)20(18,19)15-8-6-14(7-9-15)10-11-16/h6-9,13H,2-5,10-12H2,1H3. The van der Waals surface area contributed by atoms with Crippen LogP contribution in [0.2, 0.25) is 0 Å². The number of nitrogens with zero attached hydrogens (tertiary/aromatic N) is 1. The molecule has 0 spiro atoms. The number of rotatable bonds is 4. The first-order chi connectivity index (χ1) is 9.55. The second-order valence-electron chi connectivity index (χ2n) is 5.40. The predicted molar refractivity (Wildman–Crippen MR) is 82.7 cm³/mol. The smallest absolute Gasteiger partial charge is 0.207 e. The molecule has 1 atom stereocenters. The van der Waals surface area contributed by atoms with E-state index in [9.17, 15) is 8.42 Å². The minimum absolute atomic E-state index is 0.0880. The summed E-state index contributed by atoms with van der Waals surface area (Å²) in [7, 11) is -3.37. The fraction of sp³-hybridized carbons (Fsp3) is 0.600. The summed E-state index contributed by atoms with van der Waals surface area (Å²) in [4.78, 5) is 0.393. The Morgan fingerprint density at radius 2 is 1.90 bits per heavy atom. The number of sulfonamides is 1. The van der Waals surface area contributed by atoms with Crippen LogP contribution in [0, 0.1) is 0 Å². The molecular formula is C15H22ClNO2S. The van der Waals surface area contributed by atoms with E-state index in [1.54, 1.807) is 16.4 Å². The molecule has 1 aliphatic heterocycles. The zero-order chi connectivity index (χ0) is 14.6. The summed E-state index contributed by atoms with van der Waals surface area (Å²) in [5.41, 5.74) is 1.07. The summed E-state index contributed by atoms with van der Waals surface area (Å²) in [5.74, 6) is 0.551. The summed E-state index contributed by atoms with van der Waals surface area (Å²) < 4.78 is 27.1. The van der Waals surface area contributed by atoms with Crippen LogP contribution in [0.1, 0.15) is 38.2 Å². The van der Waals surface area contributed by atoms with E-state index in [1.165, 1.54) is 0 Å². The quantitative estimate of drug-likeness (QED) is 0.798. The molecule has 1 unspecified atom stereocenters. The average Bonchev–Trinajstić information content (AvgIpc) is 2.65. The van der Waals surface area contributed by atoms with Gasteiger partial charge in [-0.05, 0) is 43.9 Å². The lowest BCUT2D eigenvalue weighted by molar-refractivity contribution is 0.342. The Balaban J connectivity index is 2.24. The summed E-state index contributed by atoms with van der Waals surface area (Å²) in [5, 5.41) is 0. The molecule has 0 aliphatic carbocycles. The van der Waals surface area contributed by atoms with Gasteiger partial charge in [0.2, 0.25) is 10.0 Å². The third-order valence-electron chi connectivity index (χ3n) is 3.91. The molecule has 1 aromatic rings. The maximum atomic E-state index is 12.7. The van der Waals surface area contributed by atoms with E-state index in [0.29, 0.717) is 17.3 Å². The van der Waals surface area contributed by atoms with Crippen LogP contribution in [-0.4, -0.2) is 31.2 Å². The van der Waals surface area contributed by atoms with Crippen molar-refractivity contribution in [2.45, 2.75) is 50.0 Å². The third kappa shape index (κ3) is 3.54. The first-order valence-electron chi connectivity index (χ1n) is 7.22. The molecule has 3 nitrogen and oxygen atoms in total. The number of halogens is 1. The first kappa shape index (κ1) is 15.8. The molecule has 0 amide bonds. The zero-order valence-corrected chi connectivity index (χ0v) is 13.5. The molecule has 112 valence electrons. The Morgan fingerprint density at radius 3 is 2.55 bits per heavy atom. The summed E-state index contributed by atoms with van der Waals surface area (Å²) in [6.45, 7) is 2.64. The Labute approximate surface area is 127 Å². The molecule has 0 aromatic heterocycles. The number of benzene rings is 1. The second-order valence-corrected chi connectivity index (χ2v) is 7.67. The lowest BCUT2D eigenvalue weighted by atomic mass is 10.1. The Kier molecular flexibility index (Phi) is 5.47. The van der Waals surface area contributed by atoms with E-state index >= 15 is 0 Å². The molecule has 1 aromatic carbocycles. The van der Waals surface area contributed by atoms with E-state index in [1.807, 2.05) is 19.1 Å². The van der Waals surface area contributed by atoms with E-state index in [0.717, 1.165) is 37.7 Å². The number of hydrogen-bond donors (Lipinski definition) is 0. The molecule has 5 heteroatoms. The molecule has 1 fully saturated rings. The maximum Gasteiger partial charge on any atom is 0.243 e. The van der Waals surface area contributed by atoms with Crippen molar-refractivity contribution in [2.24, 2.45) is 0 Å². The molecule has 1 aliphatic rings. The van der Waals surface area contributed by atoms with Gasteiger partial charge in [0.15, 0.2) is 0 Å². The highest BCUT2D eigenvalue weighted by atomic mass is 35.5. The Bertz CT molecular complexity index is 527. The van der Waals surface area contributed by atoms with Crippen molar-refractivity contribution in [2.75, 3.05) is 12.4 Å². The van der Waals surface area contributed by atoms with Gasteiger partial charge in [-0.3, -0.25) is 0 Å². The lowest BCUT2D eigenvalue weighted by Gasteiger charge is -2.26. The highest BCUT2D eigenvalue weighted by Gasteiger charge is 2.29. The van der Waals surface area contributed by atoms with E-state index in [-0.39, 0.29) is 6.04 Å². The zero-order valence-electron chi connectivity index (χ0n) is 11.9. The van der Waals surface area contributed by atoms with Gasteiger partial charge in [-0.2, -0.15) is 4.31 Å². The summed E-state index contributed by atoms with van der Waals surface area (Å²) >= 11 is 5.70. The average molecular weight is 316 g/mol. The van der Waals surface area contributed by atoms with Crippen molar-refractivity contribution in [3.63, 3.8) is 0 Å². The van der Waals surface area contributed by atoms with Gasteiger partial charge in [0.1, 0.15) is 0 Å². The molecule has 0 bridgehead atoms. The first-order valence-corrected chi connectivity index (χ1v) is 9.20. The number of hydrogen-bond acceptors (Lipinski definition) is 2. The van der Waals surface area contributed by atoms with Gasteiger partial charge < -0.3 is 0 Å². The Morgan fingerprint density at radius 1 is 1.20 bits per heavy atom. The van der Waals surface area contributed by atoms with Crippen LogP contribution >= 0.6 is 11.6 Å². The molecule has 1 saturated heterocycles. The van der Waals surface area contributed by atoms with E-state index in [4.69, 9.17) is 11.6 Å². The fourth-order valence-corrected chi connectivity index (χ4v) is 4.60.